The second kappa shape index (κ2) is 3.56. The fourth-order valence-corrected chi connectivity index (χ4v) is 1.97. The van der Waals surface area contributed by atoms with Gasteiger partial charge in [-0.3, -0.25) is 4.79 Å². The Morgan fingerprint density at radius 3 is 2.44 bits per heavy atom. The van der Waals surface area contributed by atoms with E-state index in [0.717, 1.165) is 16.7 Å². The molecule has 0 saturated carbocycles. The molecule has 0 unspecified atom stereocenters. The molecule has 0 saturated heterocycles. The Bertz CT molecular complexity index is 649. The molecule has 84 valence electrons. The van der Waals surface area contributed by atoms with Gasteiger partial charge in [-0.2, -0.15) is 0 Å². The lowest BCUT2D eigenvalue weighted by molar-refractivity contribution is 0.609. The molecular formula is C11H8ClF2NO. The summed E-state index contributed by atoms with van der Waals surface area (Å²) in [5.41, 5.74) is -0.330. The minimum atomic E-state index is -0.669. The second-order valence-electron chi connectivity index (χ2n) is 3.56. The number of hydrogen-bond acceptors (Lipinski definition) is 1. The van der Waals surface area contributed by atoms with Gasteiger partial charge < -0.3 is 4.57 Å². The van der Waals surface area contributed by atoms with Crippen LogP contribution >= 0.6 is 11.6 Å². The van der Waals surface area contributed by atoms with Gasteiger partial charge in [-0.1, -0.05) is 11.6 Å². The summed E-state index contributed by atoms with van der Waals surface area (Å²) in [4.78, 5) is 11.7. The van der Waals surface area contributed by atoms with Crippen molar-refractivity contribution in [2.75, 3.05) is 0 Å². The third kappa shape index (κ3) is 1.33. The fourth-order valence-electron chi connectivity index (χ4n) is 1.71. The summed E-state index contributed by atoms with van der Waals surface area (Å²) in [6, 6.07) is 1.97. The molecule has 0 atom stereocenters. The van der Waals surface area contributed by atoms with Crippen molar-refractivity contribution in [3.63, 3.8) is 0 Å². The largest absolute Gasteiger partial charge is 0.308 e. The summed E-state index contributed by atoms with van der Waals surface area (Å²) in [6.45, 7) is 1.48. The van der Waals surface area contributed by atoms with E-state index in [1.807, 2.05) is 0 Å². The first-order valence-corrected chi connectivity index (χ1v) is 4.95. The van der Waals surface area contributed by atoms with Gasteiger partial charge in [-0.05, 0) is 19.1 Å². The van der Waals surface area contributed by atoms with Crippen LogP contribution in [0.25, 0.3) is 10.9 Å². The second-order valence-corrected chi connectivity index (χ2v) is 3.93. The minimum Gasteiger partial charge on any atom is -0.308 e. The summed E-state index contributed by atoms with van der Waals surface area (Å²) in [7, 11) is 1.39. The van der Waals surface area contributed by atoms with Gasteiger partial charge in [-0.25, -0.2) is 8.78 Å². The van der Waals surface area contributed by atoms with Gasteiger partial charge in [0, 0.05) is 12.6 Å². The number of fused-ring (bicyclic) bond motifs is 1. The molecule has 0 aliphatic heterocycles. The van der Waals surface area contributed by atoms with E-state index >= 15 is 0 Å². The van der Waals surface area contributed by atoms with Crippen molar-refractivity contribution in [1.82, 2.24) is 4.57 Å². The molecule has 0 spiro atoms. The molecule has 2 aromatic rings. The van der Waals surface area contributed by atoms with Crippen molar-refractivity contribution >= 4 is 22.5 Å². The van der Waals surface area contributed by atoms with Crippen LogP contribution in [0, 0.1) is 18.6 Å². The molecule has 0 amide bonds. The van der Waals surface area contributed by atoms with E-state index in [9.17, 15) is 13.6 Å². The smallest absolute Gasteiger partial charge is 0.255 e. The van der Waals surface area contributed by atoms with E-state index < -0.39 is 17.2 Å². The molecule has 0 aliphatic rings. The van der Waals surface area contributed by atoms with Crippen LogP contribution in [0.1, 0.15) is 5.56 Å². The summed E-state index contributed by atoms with van der Waals surface area (Å²) in [5.74, 6) is -1.31. The Labute approximate surface area is 95.1 Å². The molecule has 1 aromatic heterocycles. The van der Waals surface area contributed by atoms with Crippen LogP contribution in [0.15, 0.2) is 16.9 Å². The minimum absolute atomic E-state index is 0.0323. The molecule has 0 fully saturated rings. The van der Waals surface area contributed by atoms with Crippen molar-refractivity contribution in [1.29, 1.82) is 0 Å². The van der Waals surface area contributed by atoms with Crippen molar-refractivity contribution in [2.45, 2.75) is 6.92 Å². The lowest BCUT2D eigenvalue weighted by atomic mass is 10.1. The normalized spacial score (nSPS) is 11.1. The quantitative estimate of drug-likeness (QED) is 0.697. The molecule has 0 radical (unpaired) electrons. The van der Waals surface area contributed by atoms with Gasteiger partial charge in [0.15, 0.2) is 0 Å². The van der Waals surface area contributed by atoms with Crippen LogP contribution in [0.5, 0.6) is 0 Å². The molecule has 0 aliphatic carbocycles. The number of rotatable bonds is 0. The number of benzene rings is 1. The zero-order chi connectivity index (χ0) is 12.0. The van der Waals surface area contributed by atoms with E-state index in [-0.39, 0.29) is 21.5 Å². The molecule has 0 N–H and O–H groups in total. The van der Waals surface area contributed by atoms with E-state index in [4.69, 9.17) is 11.6 Å². The molecule has 1 heterocycles. The van der Waals surface area contributed by atoms with Crippen molar-refractivity contribution in [3.8, 4) is 0 Å². The Morgan fingerprint density at radius 1 is 1.25 bits per heavy atom. The number of aromatic nitrogens is 1. The maximum absolute atomic E-state index is 13.6. The van der Waals surface area contributed by atoms with Gasteiger partial charge >= 0.3 is 0 Å². The van der Waals surface area contributed by atoms with Crippen LogP contribution < -0.4 is 5.56 Å². The van der Waals surface area contributed by atoms with Gasteiger partial charge in [0.1, 0.15) is 11.6 Å². The third-order valence-corrected chi connectivity index (χ3v) is 3.06. The Morgan fingerprint density at radius 2 is 1.81 bits per heavy atom. The molecule has 16 heavy (non-hydrogen) atoms. The predicted molar refractivity (Wildman–Crippen MR) is 58.9 cm³/mol. The van der Waals surface area contributed by atoms with Crippen molar-refractivity contribution < 1.29 is 8.78 Å². The maximum Gasteiger partial charge on any atom is 0.255 e. The lowest BCUT2D eigenvalue weighted by Crippen LogP contribution is -2.21. The zero-order valence-electron chi connectivity index (χ0n) is 8.64. The molecule has 0 bridgehead atoms. The SMILES string of the molecule is Cc1c(Cl)c2c(F)ccc(F)c2n(C)c1=O. The highest BCUT2D eigenvalue weighted by Gasteiger charge is 2.16. The molecule has 1 aromatic carbocycles. The number of nitrogens with zero attached hydrogens (tertiary/aromatic N) is 1. The zero-order valence-corrected chi connectivity index (χ0v) is 9.40. The van der Waals surface area contributed by atoms with Gasteiger partial charge in [0.05, 0.1) is 15.9 Å². The van der Waals surface area contributed by atoms with Crippen LogP contribution in [-0.2, 0) is 7.05 Å². The lowest BCUT2D eigenvalue weighted by Gasteiger charge is -2.10. The Hall–Kier alpha value is -1.42. The van der Waals surface area contributed by atoms with E-state index in [1.165, 1.54) is 14.0 Å². The highest BCUT2D eigenvalue weighted by atomic mass is 35.5. The maximum atomic E-state index is 13.6. The van der Waals surface area contributed by atoms with Gasteiger partial charge in [-0.15, -0.1) is 0 Å². The van der Waals surface area contributed by atoms with Crippen LogP contribution in [0.4, 0.5) is 8.78 Å². The average Bonchev–Trinajstić information content (AvgIpc) is 2.26. The molecule has 2 rings (SSSR count). The topological polar surface area (TPSA) is 22.0 Å². The first kappa shape index (κ1) is 11.1. The highest BCUT2D eigenvalue weighted by molar-refractivity contribution is 6.36. The third-order valence-electron chi connectivity index (χ3n) is 2.59. The molecular weight excluding hydrogens is 236 g/mol. The predicted octanol–water partition coefficient (Wildman–Crippen LogP) is 2.78. The number of aryl methyl sites for hydroxylation is 1. The van der Waals surface area contributed by atoms with E-state index in [0.29, 0.717) is 0 Å². The monoisotopic (exact) mass is 243 g/mol. The average molecular weight is 244 g/mol. The van der Waals surface area contributed by atoms with Crippen LogP contribution in [-0.4, -0.2) is 4.57 Å². The highest BCUT2D eigenvalue weighted by Crippen LogP contribution is 2.28. The summed E-state index contributed by atoms with van der Waals surface area (Å²) < 4.78 is 28.2. The molecule has 5 heteroatoms. The van der Waals surface area contributed by atoms with E-state index in [1.54, 1.807) is 0 Å². The number of halogens is 3. The van der Waals surface area contributed by atoms with Gasteiger partial charge in [0.2, 0.25) is 0 Å². The Kier molecular flexibility index (Phi) is 2.46. The fraction of sp³-hybridized carbons (Fsp3) is 0.182. The first-order valence-electron chi connectivity index (χ1n) is 4.58. The first-order chi connectivity index (χ1) is 7.45. The van der Waals surface area contributed by atoms with Crippen molar-refractivity contribution in [2.24, 2.45) is 7.05 Å². The van der Waals surface area contributed by atoms with E-state index in [2.05, 4.69) is 0 Å². The van der Waals surface area contributed by atoms with Gasteiger partial charge in [0.25, 0.3) is 5.56 Å². The summed E-state index contributed by atoms with van der Waals surface area (Å²) in [5, 5.41) is -0.0867. The van der Waals surface area contributed by atoms with Crippen LogP contribution in [0.3, 0.4) is 0 Å². The summed E-state index contributed by atoms with van der Waals surface area (Å²) >= 11 is 5.86. The standard InChI is InChI=1S/C11H8ClF2NO/c1-5-9(12)8-6(13)3-4-7(14)10(8)15(2)11(5)16/h3-4H,1-2H3. The number of pyridine rings is 1. The molecule has 2 nitrogen and oxygen atoms in total. The Balaban J connectivity index is 3.20. The number of hydrogen-bond donors (Lipinski definition) is 0. The van der Waals surface area contributed by atoms with Crippen molar-refractivity contribution in [3.05, 3.63) is 44.7 Å². The summed E-state index contributed by atoms with van der Waals surface area (Å²) in [6.07, 6.45) is 0. The van der Waals surface area contributed by atoms with Crippen LogP contribution in [0.2, 0.25) is 5.02 Å².